The second-order valence-corrected chi connectivity index (χ2v) is 18.3. The van der Waals surface area contributed by atoms with Crippen LogP contribution in [-0.4, -0.2) is 53.0 Å². The summed E-state index contributed by atoms with van der Waals surface area (Å²) in [5, 5.41) is 0.0642. The SMILES string of the molecule is C=C(C[C@@H](OC(=O)CP(=O)(OCC)OCC)[C@@H](C)CO[Si](C)(C)C(C)(C)C)[C@H](C)COCc1ccccc1. The van der Waals surface area contributed by atoms with Gasteiger partial charge in [-0.15, -0.1) is 0 Å². The average Bonchev–Trinajstić information content (AvgIpc) is 2.82. The summed E-state index contributed by atoms with van der Waals surface area (Å²) in [5.74, 6) is -0.646. The van der Waals surface area contributed by atoms with Crippen LogP contribution >= 0.6 is 7.60 Å². The summed E-state index contributed by atoms with van der Waals surface area (Å²) in [6, 6.07) is 10.0. The van der Waals surface area contributed by atoms with Crippen LogP contribution in [0.25, 0.3) is 0 Å². The van der Waals surface area contributed by atoms with Gasteiger partial charge in [-0.2, -0.15) is 0 Å². The Labute approximate surface area is 232 Å². The molecule has 38 heavy (non-hydrogen) atoms. The number of hydrogen-bond donors (Lipinski definition) is 0. The molecule has 0 bridgehead atoms. The Hall–Kier alpha value is -1.28. The van der Waals surface area contributed by atoms with Gasteiger partial charge in [0.2, 0.25) is 0 Å². The van der Waals surface area contributed by atoms with Crippen molar-refractivity contribution in [2.24, 2.45) is 11.8 Å². The molecule has 0 N–H and O–H groups in total. The molecule has 0 heterocycles. The number of carbonyl (C=O) groups excluding carboxylic acids is 1. The lowest BCUT2D eigenvalue weighted by Gasteiger charge is -2.38. The Morgan fingerprint density at radius 3 is 2.13 bits per heavy atom. The van der Waals surface area contributed by atoms with E-state index in [0.717, 1.165) is 11.1 Å². The highest BCUT2D eigenvalue weighted by Crippen LogP contribution is 2.48. The first-order chi connectivity index (χ1) is 17.6. The lowest BCUT2D eigenvalue weighted by Crippen LogP contribution is -2.43. The molecule has 0 aliphatic rings. The van der Waals surface area contributed by atoms with Crippen molar-refractivity contribution in [1.29, 1.82) is 0 Å². The molecule has 0 spiro atoms. The van der Waals surface area contributed by atoms with Gasteiger partial charge in [0, 0.05) is 24.9 Å². The van der Waals surface area contributed by atoms with Crippen molar-refractivity contribution in [2.45, 2.75) is 85.7 Å². The van der Waals surface area contributed by atoms with Crippen LogP contribution in [0.3, 0.4) is 0 Å². The van der Waals surface area contributed by atoms with E-state index in [1.807, 2.05) is 37.3 Å². The summed E-state index contributed by atoms with van der Waals surface area (Å²) in [5.41, 5.74) is 2.04. The zero-order valence-corrected chi connectivity index (χ0v) is 27.0. The first kappa shape index (κ1) is 34.7. The molecule has 0 aromatic heterocycles. The van der Waals surface area contributed by atoms with Crippen molar-refractivity contribution in [1.82, 2.24) is 0 Å². The van der Waals surface area contributed by atoms with E-state index in [4.69, 9.17) is 22.9 Å². The molecule has 0 fully saturated rings. The second kappa shape index (κ2) is 16.1. The van der Waals surface area contributed by atoms with Crippen LogP contribution < -0.4 is 0 Å². The third-order valence-electron chi connectivity index (χ3n) is 7.04. The Morgan fingerprint density at radius 1 is 1.03 bits per heavy atom. The number of hydrogen-bond acceptors (Lipinski definition) is 7. The van der Waals surface area contributed by atoms with Crippen molar-refractivity contribution in [2.75, 3.05) is 32.6 Å². The standard InChI is InChI=1S/C29H51O7PSi/c1-11-33-37(31,34-12-2)22-28(30)36-27(25(5)20-35-38(9,10)29(6,7)8)18-23(3)24(4)19-32-21-26-16-14-13-15-17-26/h13-17,24-25,27H,3,11-12,18-22H2,1-2,4-10H3/t24-,25+,27-/m1/s1. The smallest absolute Gasteiger partial charge is 0.341 e. The maximum atomic E-state index is 12.9. The van der Waals surface area contributed by atoms with E-state index in [1.54, 1.807) is 13.8 Å². The molecule has 0 radical (unpaired) electrons. The Balaban J connectivity index is 2.90. The van der Waals surface area contributed by atoms with E-state index in [0.29, 0.717) is 26.2 Å². The van der Waals surface area contributed by atoms with Crippen molar-refractivity contribution < 1.29 is 32.3 Å². The minimum atomic E-state index is -3.56. The van der Waals surface area contributed by atoms with Crippen molar-refractivity contribution in [3.05, 3.63) is 48.0 Å². The summed E-state index contributed by atoms with van der Waals surface area (Å²) in [6.45, 7) is 24.6. The number of carbonyl (C=O) groups is 1. The summed E-state index contributed by atoms with van der Waals surface area (Å²) in [6.07, 6.45) is -0.464. The van der Waals surface area contributed by atoms with Crippen LogP contribution in [0.15, 0.2) is 42.5 Å². The van der Waals surface area contributed by atoms with E-state index in [1.165, 1.54) is 0 Å². The molecule has 1 aromatic carbocycles. The zero-order chi connectivity index (χ0) is 29.0. The number of rotatable bonds is 18. The second-order valence-electron chi connectivity index (χ2n) is 11.4. The lowest BCUT2D eigenvalue weighted by molar-refractivity contribution is -0.149. The fourth-order valence-electron chi connectivity index (χ4n) is 3.41. The predicted octanol–water partition coefficient (Wildman–Crippen LogP) is 7.62. The van der Waals surface area contributed by atoms with Crippen LogP contribution in [0.2, 0.25) is 18.1 Å². The lowest BCUT2D eigenvalue weighted by atomic mass is 9.92. The summed E-state index contributed by atoms with van der Waals surface area (Å²) in [4.78, 5) is 12.9. The monoisotopic (exact) mass is 570 g/mol. The van der Waals surface area contributed by atoms with E-state index < -0.39 is 34.1 Å². The van der Waals surface area contributed by atoms with Crippen LogP contribution in [0.4, 0.5) is 0 Å². The molecule has 3 atom stereocenters. The Bertz CT molecular complexity index is 888. The van der Waals surface area contributed by atoms with Crippen LogP contribution in [-0.2, 0) is 38.9 Å². The quantitative estimate of drug-likeness (QED) is 0.0777. The first-order valence-electron chi connectivity index (χ1n) is 13.6. The molecule has 0 aliphatic carbocycles. The van der Waals surface area contributed by atoms with Gasteiger partial charge in [0.05, 0.1) is 26.4 Å². The molecule has 0 saturated carbocycles. The number of ether oxygens (including phenoxy) is 2. The predicted molar refractivity (Wildman–Crippen MR) is 157 cm³/mol. The summed E-state index contributed by atoms with van der Waals surface area (Å²) < 4.78 is 41.8. The maximum Gasteiger partial charge on any atom is 0.341 e. The van der Waals surface area contributed by atoms with Gasteiger partial charge in [0.15, 0.2) is 8.32 Å². The van der Waals surface area contributed by atoms with Crippen LogP contribution in [0.1, 0.15) is 60.5 Å². The molecular formula is C29H51O7PSi. The van der Waals surface area contributed by atoms with E-state index in [2.05, 4.69) is 47.4 Å². The van der Waals surface area contributed by atoms with Gasteiger partial charge in [-0.25, -0.2) is 0 Å². The fraction of sp³-hybridized carbons (Fsp3) is 0.690. The Morgan fingerprint density at radius 2 is 1.61 bits per heavy atom. The van der Waals surface area contributed by atoms with E-state index in [-0.39, 0.29) is 30.1 Å². The van der Waals surface area contributed by atoms with E-state index in [9.17, 15) is 9.36 Å². The molecule has 0 saturated heterocycles. The number of benzene rings is 1. The molecule has 0 amide bonds. The van der Waals surface area contributed by atoms with Gasteiger partial charge >= 0.3 is 13.6 Å². The molecule has 0 unspecified atom stereocenters. The highest BCUT2D eigenvalue weighted by Gasteiger charge is 2.38. The molecule has 1 aromatic rings. The normalized spacial score (nSPS) is 15.1. The topological polar surface area (TPSA) is 80.3 Å². The molecule has 1 rings (SSSR count). The highest BCUT2D eigenvalue weighted by molar-refractivity contribution is 7.54. The van der Waals surface area contributed by atoms with Gasteiger partial charge in [-0.3, -0.25) is 9.36 Å². The van der Waals surface area contributed by atoms with Crippen molar-refractivity contribution >= 4 is 21.9 Å². The van der Waals surface area contributed by atoms with Crippen LogP contribution in [0, 0.1) is 11.8 Å². The average molecular weight is 571 g/mol. The number of esters is 1. The van der Waals surface area contributed by atoms with Crippen molar-refractivity contribution in [3.8, 4) is 0 Å². The van der Waals surface area contributed by atoms with Crippen LogP contribution in [0.5, 0.6) is 0 Å². The molecule has 218 valence electrons. The zero-order valence-electron chi connectivity index (χ0n) is 25.1. The molecule has 9 heteroatoms. The van der Waals surface area contributed by atoms with Gasteiger partial charge in [-0.1, -0.05) is 77.1 Å². The Kier molecular flexibility index (Phi) is 14.7. The molecule has 7 nitrogen and oxygen atoms in total. The van der Waals surface area contributed by atoms with Gasteiger partial charge in [0.25, 0.3) is 0 Å². The molecule has 0 aliphatic heterocycles. The third-order valence-corrected chi connectivity index (χ3v) is 13.5. The van der Waals surface area contributed by atoms with Crippen molar-refractivity contribution in [3.63, 3.8) is 0 Å². The van der Waals surface area contributed by atoms with Gasteiger partial charge in [0.1, 0.15) is 12.3 Å². The summed E-state index contributed by atoms with van der Waals surface area (Å²) >= 11 is 0. The van der Waals surface area contributed by atoms with Gasteiger partial charge < -0.3 is 22.9 Å². The third kappa shape index (κ3) is 12.3. The summed E-state index contributed by atoms with van der Waals surface area (Å²) in [7, 11) is -5.56. The maximum absolute atomic E-state index is 12.9. The highest BCUT2D eigenvalue weighted by atomic mass is 31.2. The van der Waals surface area contributed by atoms with Gasteiger partial charge in [-0.05, 0) is 37.5 Å². The fourth-order valence-corrected chi connectivity index (χ4v) is 5.96. The minimum absolute atomic E-state index is 0.0615. The van der Waals surface area contributed by atoms with E-state index >= 15 is 0 Å². The first-order valence-corrected chi connectivity index (χ1v) is 18.3. The molecular weight excluding hydrogens is 519 g/mol. The minimum Gasteiger partial charge on any atom is -0.461 e. The largest absolute Gasteiger partial charge is 0.461 e.